The van der Waals surface area contributed by atoms with E-state index in [-0.39, 0.29) is 11.8 Å². The molecule has 1 aromatic carbocycles. The Kier molecular flexibility index (Phi) is 4.14. The van der Waals surface area contributed by atoms with Crippen molar-refractivity contribution in [1.82, 2.24) is 14.8 Å². The number of nitrogens with two attached hydrogens (primary N) is 1. The van der Waals surface area contributed by atoms with Crippen molar-refractivity contribution in [3.05, 3.63) is 30.6 Å². The maximum atomic E-state index is 11.9. The summed E-state index contributed by atoms with van der Waals surface area (Å²) in [5.74, 6) is 0.654. The molecule has 1 unspecified atom stereocenters. The number of hydrogen-bond donors (Lipinski definition) is 2. The van der Waals surface area contributed by atoms with E-state index in [9.17, 15) is 4.79 Å². The highest BCUT2D eigenvalue weighted by Gasteiger charge is 2.17. The molecule has 0 spiro atoms. The summed E-state index contributed by atoms with van der Waals surface area (Å²) < 4.78 is 1.82. The summed E-state index contributed by atoms with van der Waals surface area (Å²) in [6.07, 6.45) is 1.63. The number of aryl methyl sites for hydroxylation is 1. The van der Waals surface area contributed by atoms with Crippen molar-refractivity contribution >= 4 is 11.6 Å². The number of amides is 1. The van der Waals surface area contributed by atoms with E-state index in [1.165, 1.54) is 0 Å². The minimum atomic E-state index is -0.520. The number of nitrogens with one attached hydrogen (secondary N) is 1. The number of carbonyl (C=O) groups is 1. The number of nitrogens with zero attached hydrogens (tertiary/aromatic N) is 3. The number of hydrogen-bond acceptors (Lipinski definition) is 4. The highest BCUT2D eigenvalue weighted by molar-refractivity contribution is 5.95. The van der Waals surface area contributed by atoms with Crippen LogP contribution in [0.2, 0.25) is 0 Å². The molecule has 20 heavy (non-hydrogen) atoms. The molecule has 0 aliphatic rings. The lowest BCUT2D eigenvalue weighted by atomic mass is 10.0. The average Bonchev–Trinajstić information content (AvgIpc) is 2.84. The molecule has 2 aromatic rings. The lowest BCUT2D eigenvalue weighted by Crippen LogP contribution is -2.39. The fourth-order valence-corrected chi connectivity index (χ4v) is 1.81. The zero-order chi connectivity index (χ0) is 14.7. The van der Waals surface area contributed by atoms with Gasteiger partial charge in [-0.1, -0.05) is 26.0 Å². The maximum absolute atomic E-state index is 11.9. The van der Waals surface area contributed by atoms with Crippen molar-refractivity contribution in [2.45, 2.75) is 19.9 Å². The number of benzene rings is 1. The van der Waals surface area contributed by atoms with E-state index in [1.54, 1.807) is 6.33 Å². The average molecular weight is 273 g/mol. The van der Waals surface area contributed by atoms with Crippen LogP contribution in [0, 0.1) is 5.92 Å². The van der Waals surface area contributed by atoms with Crippen molar-refractivity contribution < 1.29 is 4.79 Å². The van der Waals surface area contributed by atoms with Crippen LogP contribution >= 0.6 is 0 Å². The summed E-state index contributed by atoms with van der Waals surface area (Å²) in [6.45, 7) is 3.83. The van der Waals surface area contributed by atoms with E-state index in [0.717, 1.165) is 11.4 Å². The van der Waals surface area contributed by atoms with Crippen molar-refractivity contribution in [3.8, 4) is 11.4 Å². The first-order chi connectivity index (χ1) is 9.49. The van der Waals surface area contributed by atoms with Gasteiger partial charge in [-0.3, -0.25) is 4.79 Å². The molecule has 0 fully saturated rings. The molecule has 0 bridgehead atoms. The fourth-order valence-electron chi connectivity index (χ4n) is 1.81. The lowest BCUT2D eigenvalue weighted by Gasteiger charge is -2.15. The summed E-state index contributed by atoms with van der Waals surface area (Å²) >= 11 is 0. The van der Waals surface area contributed by atoms with Gasteiger partial charge in [0.2, 0.25) is 5.91 Å². The second kappa shape index (κ2) is 5.83. The molecule has 1 aromatic heterocycles. The van der Waals surface area contributed by atoms with Gasteiger partial charge in [-0.25, -0.2) is 0 Å². The zero-order valence-corrected chi connectivity index (χ0v) is 11.9. The van der Waals surface area contributed by atoms with E-state index >= 15 is 0 Å². The fraction of sp³-hybridized carbons (Fsp3) is 0.357. The maximum Gasteiger partial charge on any atom is 0.241 e. The Labute approximate surface area is 118 Å². The summed E-state index contributed by atoms with van der Waals surface area (Å²) in [5, 5.41) is 10.7. The van der Waals surface area contributed by atoms with Gasteiger partial charge in [0.25, 0.3) is 0 Å². The normalized spacial score (nSPS) is 12.4. The van der Waals surface area contributed by atoms with Crippen LogP contribution in [0.15, 0.2) is 30.6 Å². The molecule has 1 atom stereocenters. The van der Waals surface area contributed by atoms with Crippen LogP contribution < -0.4 is 11.1 Å². The number of carbonyl (C=O) groups excluding carboxylic acids is 1. The predicted octanol–water partition coefficient (Wildman–Crippen LogP) is 1.40. The van der Waals surface area contributed by atoms with E-state index in [4.69, 9.17) is 5.73 Å². The quantitative estimate of drug-likeness (QED) is 0.881. The van der Waals surface area contributed by atoms with Gasteiger partial charge in [0.15, 0.2) is 5.82 Å². The third-order valence-electron chi connectivity index (χ3n) is 3.12. The standard InChI is InChI=1S/C14H19N5O/c1-9(2)12(15)14(20)17-11-6-4-5-10(7-11)13-18-16-8-19(13)3/h4-9,12H,15H2,1-3H3,(H,17,20). The third-order valence-corrected chi connectivity index (χ3v) is 3.12. The van der Waals surface area contributed by atoms with Crippen LogP contribution in [0.5, 0.6) is 0 Å². The van der Waals surface area contributed by atoms with Crippen LogP contribution in [-0.2, 0) is 11.8 Å². The van der Waals surface area contributed by atoms with Gasteiger partial charge in [-0.2, -0.15) is 0 Å². The monoisotopic (exact) mass is 273 g/mol. The Hall–Kier alpha value is -2.21. The van der Waals surface area contributed by atoms with Crippen LogP contribution in [-0.4, -0.2) is 26.7 Å². The third kappa shape index (κ3) is 3.03. The summed E-state index contributed by atoms with van der Waals surface area (Å²) in [7, 11) is 1.87. The predicted molar refractivity (Wildman–Crippen MR) is 77.9 cm³/mol. The largest absolute Gasteiger partial charge is 0.325 e. The summed E-state index contributed by atoms with van der Waals surface area (Å²) in [5.41, 5.74) is 7.42. The van der Waals surface area contributed by atoms with Gasteiger partial charge in [0, 0.05) is 18.3 Å². The van der Waals surface area contributed by atoms with E-state index in [0.29, 0.717) is 5.69 Å². The minimum Gasteiger partial charge on any atom is -0.325 e. The Morgan fingerprint density at radius 3 is 2.75 bits per heavy atom. The van der Waals surface area contributed by atoms with Crippen LogP contribution in [0.1, 0.15) is 13.8 Å². The highest BCUT2D eigenvalue weighted by Crippen LogP contribution is 2.20. The van der Waals surface area contributed by atoms with Gasteiger partial charge in [0.05, 0.1) is 6.04 Å². The smallest absolute Gasteiger partial charge is 0.241 e. The molecule has 106 valence electrons. The van der Waals surface area contributed by atoms with Gasteiger partial charge < -0.3 is 15.6 Å². The van der Waals surface area contributed by atoms with Gasteiger partial charge >= 0.3 is 0 Å². The Bertz CT molecular complexity index is 605. The molecule has 0 saturated carbocycles. The van der Waals surface area contributed by atoms with Crippen molar-refractivity contribution in [1.29, 1.82) is 0 Å². The van der Waals surface area contributed by atoms with Gasteiger partial charge in [-0.15, -0.1) is 10.2 Å². The number of aromatic nitrogens is 3. The molecule has 6 heteroatoms. The Balaban J connectivity index is 2.19. The molecular formula is C14H19N5O. The molecule has 2 rings (SSSR count). The van der Waals surface area contributed by atoms with Crippen LogP contribution in [0.4, 0.5) is 5.69 Å². The minimum absolute atomic E-state index is 0.0944. The molecule has 0 aliphatic heterocycles. The summed E-state index contributed by atoms with van der Waals surface area (Å²) in [6, 6.07) is 6.94. The molecule has 0 saturated heterocycles. The van der Waals surface area contributed by atoms with E-state index in [2.05, 4.69) is 15.5 Å². The second-order valence-corrected chi connectivity index (χ2v) is 5.11. The second-order valence-electron chi connectivity index (χ2n) is 5.11. The highest BCUT2D eigenvalue weighted by atomic mass is 16.2. The summed E-state index contributed by atoms with van der Waals surface area (Å²) in [4.78, 5) is 11.9. The number of anilines is 1. The van der Waals surface area contributed by atoms with Crippen LogP contribution in [0.25, 0.3) is 11.4 Å². The van der Waals surface area contributed by atoms with Crippen LogP contribution in [0.3, 0.4) is 0 Å². The SMILES string of the molecule is CC(C)C(N)C(=O)Nc1cccc(-c2nncn2C)c1. The van der Waals surface area contributed by atoms with Crippen molar-refractivity contribution in [3.63, 3.8) is 0 Å². The first-order valence-corrected chi connectivity index (χ1v) is 6.50. The van der Waals surface area contributed by atoms with E-state index in [1.807, 2.05) is 49.7 Å². The first kappa shape index (κ1) is 14.2. The number of rotatable bonds is 4. The molecule has 0 radical (unpaired) electrons. The molecule has 1 amide bonds. The van der Waals surface area contributed by atoms with E-state index < -0.39 is 6.04 Å². The molecular weight excluding hydrogens is 254 g/mol. The zero-order valence-electron chi connectivity index (χ0n) is 11.9. The Morgan fingerprint density at radius 2 is 2.15 bits per heavy atom. The van der Waals surface area contributed by atoms with Gasteiger partial charge in [-0.05, 0) is 18.1 Å². The van der Waals surface area contributed by atoms with Crippen molar-refractivity contribution in [2.75, 3.05) is 5.32 Å². The molecule has 3 N–H and O–H groups in total. The lowest BCUT2D eigenvalue weighted by molar-refractivity contribution is -0.118. The topological polar surface area (TPSA) is 85.8 Å². The Morgan fingerprint density at radius 1 is 1.40 bits per heavy atom. The molecule has 0 aliphatic carbocycles. The molecule has 6 nitrogen and oxygen atoms in total. The van der Waals surface area contributed by atoms with Crippen molar-refractivity contribution in [2.24, 2.45) is 18.7 Å². The van der Waals surface area contributed by atoms with Gasteiger partial charge in [0.1, 0.15) is 6.33 Å². The first-order valence-electron chi connectivity index (χ1n) is 6.50. The molecule has 1 heterocycles.